The van der Waals surface area contributed by atoms with Crippen LogP contribution in [0.3, 0.4) is 0 Å². The molecule has 2 rings (SSSR count). The summed E-state index contributed by atoms with van der Waals surface area (Å²) in [6.45, 7) is 0. The molecule has 0 aliphatic rings. The van der Waals surface area contributed by atoms with E-state index in [-0.39, 0.29) is 18.3 Å². The van der Waals surface area contributed by atoms with Crippen molar-refractivity contribution >= 4 is 21.6 Å². The molecule has 0 aromatic heterocycles. The molecule has 1 atom stereocenters. The molecule has 2 aromatic carbocycles. The summed E-state index contributed by atoms with van der Waals surface area (Å²) in [6, 6.07) is 16.2. The van der Waals surface area contributed by atoms with Crippen LogP contribution in [0.15, 0.2) is 53.0 Å². The van der Waals surface area contributed by atoms with E-state index in [4.69, 9.17) is 5.26 Å². The number of nitriles is 1. The van der Waals surface area contributed by atoms with Gasteiger partial charge in [-0.25, -0.2) is 4.39 Å². The maximum Gasteiger partial charge on any atom is 0.146 e. The van der Waals surface area contributed by atoms with Gasteiger partial charge in [0.05, 0.1) is 24.2 Å². The van der Waals surface area contributed by atoms with E-state index in [9.17, 15) is 4.39 Å². The Morgan fingerprint density at radius 2 is 1.95 bits per heavy atom. The second kappa shape index (κ2) is 6.35. The molecule has 96 valence electrons. The van der Waals surface area contributed by atoms with Crippen molar-refractivity contribution in [1.82, 2.24) is 0 Å². The van der Waals surface area contributed by atoms with Crippen LogP contribution in [0.1, 0.15) is 18.0 Å². The van der Waals surface area contributed by atoms with Crippen molar-refractivity contribution in [3.63, 3.8) is 0 Å². The molecular formula is C15H12BrFN2. The van der Waals surface area contributed by atoms with Crippen LogP contribution >= 0.6 is 15.9 Å². The van der Waals surface area contributed by atoms with E-state index >= 15 is 0 Å². The lowest BCUT2D eigenvalue weighted by Gasteiger charge is -2.18. The quantitative estimate of drug-likeness (QED) is 0.890. The fourth-order valence-corrected chi connectivity index (χ4v) is 2.19. The third-order valence-corrected chi connectivity index (χ3v) is 3.25. The number of nitrogens with zero attached hydrogens (tertiary/aromatic N) is 1. The molecule has 0 fully saturated rings. The van der Waals surface area contributed by atoms with Gasteiger partial charge in [0.2, 0.25) is 0 Å². The predicted molar refractivity (Wildman–Crippen MR) is 77.1 cm³/mol. The molecule has 2 aromatic rings. The molecule has 0 heterocycles. The smallest absolute Gasteiger partial charge is 0.146 e. The highest BCUT2D eigenvalue weighted by Gasteiger charge is 2.13. The molecule has 0 saturated carbocycles. The van der Waals surface area contributed by atoms with Crippen LogP contribution in [0, 0.1) is 17.1 Å². The summed E-state index contributed by atoms with van der Waals surface area (Å²) >= 11 is 3.31. The van der Waals surface area contributed by atoms with E-state index in [0.717, 1.165) is 10.0 Å². The molecular weight excluding hydrogens is 307 g/mol. The second-order valence-electron chi connectivity index (χ2n) is 4.09. The minimum atomic E-state index is -0.331. The predicted octanol–water partition coefficient (Wildman–Crippen LogP) is 4.66. The van der Waals surface area contributed by atoms with Gasteiger partial charge in [-0.3, -0.25) is 0 Å². The fourth-order valence-electron chi connectivity index (χ4n) is 1.82. The lowest BCUT2D eigenvalue weighted by Crippen LogP contribution is -2.11. The highest BCUT2D eigenvalue weighted by atomic mass is 79.9. The average Bonchev–Trinajstić information content (AvgIpc) is 2.43. The second-order valence-corrected chi connectivity index (χ2v) is 5.01. The van der Waals surface area contributed by atoms with Crippen LogP contribution in [0.2, 0.25) is 0 Å². The van der Waals surface area contributed by atoms with Crippen molar-refractivity contribution in [2.45, 2.75) is 12.5 Å². The molecule has 0 amide bonds. The minimum Gasteiger partial charge on any atom is -0.375 e. The molecule has 0 spiro atoms. The Balaban J connectivity index is 2.27. The van der Waals surface area contributed by atoms with Gasteiger partial charge in [-0.05, 0) is 23.8 Å². The lowest BCUT2D eigenvalue weighted by molar-refractivity contribution is 0.625. The highest BCUT2D eigenvalue weighted by Crippen LogP contribution is 2.26. The monoisotopic (exact) mass is 318 g/mol. The molecule has 0 bridgehead atoms. The van der Waals surface area contributed by atoms with E-state index < -0.39 is 0 Å². The summed E-state index contributed by atoms with van der Waals surface area (Å²) in [5, 5.41) is 12.0. The van der Waals surface area contributed by atoms with Gasteiger partial charge in [0, 0.05) is 4.47 Å². The van der Waals surface area contributed by atoms with Gasteiger partial charge < -0.3 is 5.32 Å². The Labute approximate surface area is 120 Å². The Morgan fingerprint density at radius 3 is 2.63 bits per heavy atom. The molecule has 0 radical (unpaired) electrons. The maximum atomic E-state index is 13.7. The largest absolute Gasteiger partial charge is 0.375 e. The minimum absolute atomic E-state index is 0.227. The van der Waals surface area contributed by atoms with Crippen molar-refractivity contribution in [2.24, 2.45) is 0 Å². The molecule has 0 aliphatic heterocycles. The zero-order valence-corrected chi connectivity index (χ0v) is 11.7. The fraction of sp³-hybridized carbons (Fsp3) is 0.133. The summed E-state index contributed by atoms with van der Waals surface area (Å²) in [5.74, 6) is -0.331. The van der Waals surface area contributed by atoms with Crippen LogP contribution in [0.25, 0.3) is 0 Å². The number of anilines is 1. The van der Waals surface area contributed by atoms with Gasteiger partial charge in [-0.2, -0.15) is 5.26 Å². The van der Waals surface area contributed by atoms with Crippen LogP contribution in [-0.4, -0.2) is 0 Å². The topological polar surface area (TPSA) is 35.8 Å². The zero-order chi connectivity index (χ0) is 13.7. The first-order chi connectivity index (χ1) is 9.20. The van der Waals surface area contributed by atoms with Crippen molar-refractivity contribution in [1.29, 1.82) is 5.26 Å². The van der Waals surface area contributed by atoms with Gasteiger partial charge in [-0.1, -0.05) is 46.3 Å². The first-order valence-corrected chi connectivity index (χ1v) is 6.63. The molecule has 0 aliphatic carbocycles. The zero-order valence-electron chi connectivity index (χ0n) is 10.1. The van der Waals surface area contributed by atoms with Crippen molar-refractivity contribution in [3.05, 3.63) is 64.4 Å². The summed E-state index contributed by atoms with van der Waals surface area (Å²) in [4.78, 5) is 0. The van der Waals surface area contributed by atoms with E-state index in [0.29, 0.717) is 5.69 Å². The van der Waals surface area contributed by atoms with Crippen LogP contribution in [0.4, 0.5) is 10.1 Å². The lowest BCUT2D eigenvalue weighted by atomic mass is 10.0. The van der Waals surface area contributed by atoms with E-state index in [2.05, 4.69) is 27.3 Å². The standard InChI is InChI=1S/C15H12BrFN2/c16-12-6-7-13(17)15(10-12)19-14(8-9-18)11-4-2-1-3-5-11/h1-7,10,14,19H,8H2. The van der Waals surface area contributed by atoms with E-state index in [1.54, 1.807) is 12.1 Å². The molecule has 2 nitrogen and oxygen atoms in total. The maximum absolute atomic E-state index is 13.7. The number of rotatable bonds is 4. The van der Waals surface area contributed by atoms with E-state index in [1.807, 2.05) is 30.3 Å². The molecule has 0 saturated heterocycles. The number of hydrogen-bond donors (Lipinski definition) is 1. The first-order valence-electron chi connectivity index (χ1n) is 5.84. The molecule has 1 N–H and O–H groups in total. The highest BCUT2D eigenvalue weighted by molar-refractivity contribution is 9.10. The Morgan fingerprint density at radius 1 is 1.21 bits per heavy atom. The van der Waals surface area contributed by atoms with Gasteiger partial charge in [-0.15, -0.1) is 0 Å². The van der Waals surface area contributed by atoms with Gasteiger partial charge >= 0.3 is 0 Å². The summed E-state index contributed by atoms with van der Waals surface area (Å²) in [7, 11) is 0. The summed E-state index contributed by atoms with van der Waals surface area (Å²) in [6.07, 6.45) is 0.274. The number of halogens is 2. The normalized spacial score (nSPS) is 11.6. The Bertz CT molecular complexity index is 593. The van der Waals surface area contributed by atoms with Crippen molar-refractivity contribution in [3.8, 4) is 6.07 Å². The SMILES string of the molecule is N#CCC(Nc1cc(Br)ccc1F)c1ccccc1. The number of nitrogens with one attached hydrogen (secondary N) is 1. The van der Waals surface area contributed by atoms with E-state index in [1.165, 1.54) is 6.07 Å². The first kappa shape index (κ1) is 13.6. The van der Waals surface area contributed by atoms with Crippen molar-refractivity contribution in [2.75, 3.05) is 5.32 Å². The Hall–Kier alpha value is -1.86. The summed E-state index contributed by atoms with van der Waals surface area (Å²) < 4.78 is 14.5. The van der Waals surface area contributed by atoms with Crippen molar-refractivity contribution < 1.29 is 4.39 Å². The van der Waals surface area contributed by atoms with Crippen LogP contribution in [0.5, 0.6) is 0 Å². The average molecular weight is 319 g/mol. The molecule has 19 heavy (non-hydrogen) atoms. The van der Waals surface area contributed by atoms with Crippen LogP contribution in [-0.2, 0) is 0 Å². The van der Waals surface area contributed by atoms with Gasteiger partial charge in [0.1, 0.15) is 5.82 Å². The number of benzene rings is 2. The third kappa shape index (κ3) is 3.55. The molecule has 1 unspecified atom stereocenters. The summed E-state index contributed by atoms with van der Waals surface area (Å²) in [5.41, 5.74) is 1.35. The van der Waals surface area contributed by atoms with Gasteiger partial charge in [0.15, 0.2) is 0 Å². The van der Waals surface area contributed by atoms with Crippen LogP contribution < -0.4 is 5.32 Å². The van der Waals surface area contributed by atoms with Gasteiger partial charge in [0.25, 0.3) is 0 Å². The third-order valence-electron chi connectivity index (χ3n) is 2.76. The Kier molecular flexibility index (Phi) is 4.53. The number of hydrogen-bond acceptors (Lipinski definition) is 2. The molecule has 4 heteroatoms.